The maximum Gasteiger partial charge on any atom is 0.452 e. The first-order valence-corrected chi connectivity index (χ1v) is 20.2. The zero-order valence-corrected chi connectivity index (χ0v) is 35.6. The molecule has 7 rings (SSSR count). The van der Waals surface area contributed by atoms with E-state index in [9.17, 15) is 42.6 Å². The number of aliphatic carboxylic acids is 2. The Labute approximate surface area is 381 Å². The summed E-state index contributed by atoms with van der Waals surface area (Å²) in [6.07, 6.45) is -6.04. The number of rotatable bonds is 13. The maximum absolute atomic E-state index is 13.5. The van der Waals surface area contributed by atoms with Crippen LogP contribution < -0.4 is 10.6 Å². The van der Waals surface area contributed by atoms with Crippen molar-refractivity contribution in [1.82, 2.24) is 30.4 Å². The molecule has 0 fully saturated rings. The molecule has 0 bridgehead atoms. The lowest BCUT2D eigenvalue weighted by atomic mass is 10.0. The highest BCUT2D eigenvalue weighted by molar-refractivity contribution is 6.42. The number of carboxylic acids is 2. The van der Waals surface area contributed by atoms with Crippen LogP contribution in [0.25, 0.3) is 28.5 Å². The van der Waals surface area contributed by atoms with Gasteiger partial charge in [-0.05, 0) is 53.6 Å². The summed E-state index contributed by atoms with van der Waals surface area (Å²) in [6.45, 7) is 0. The molecule has 0 spiro atoms. The van der Waals surface area contributed by atoms with E-state index in [1.54, 1.807) is 41.1 Å². The Morgan fingerprint density at radius 1 is 0.656 bits per heavy atom. The van der Waals surface area contributed by atoms with E-state index in [2.05, 4.69) is 25.7 Å². The van der Waals surface area contributed by atoms with Crippen LogP contribution in [-0.2, 0) is 15.8 Å². The highest BCUT2D eigenvalue weighted by atomic mass is 35.5. The van der Waals surface area contributed by atoms with Crippen LogP contribution in [0, 0.1) is 0 Å². The summed E-state index contributed by atoms with van der Waals surface area (Å²) in [5.74, 6) is -5.95. The van der Waals surface area contributed by atoms with Gasteiger partial charge in [0.15, 0.2) is 11.5 Å². The molecule has 0 radical (unpaired) electrons. The normalized spacial score (nSPS) is 12.0. The lowest BCUT2D eigenvalue weighted by Gasteiger charge is -2.18. The van der Waals surface area contributed by atoms with Gasteiger partial charge < -0.3 is 25.3 Å². The number of nitrogens with one attached hydrogen (secondary N) is 2. The van der Waals surface area contributed by atoms with Gasteiger partial charge in [0, 0.05) is 21.2 Å². The molecule has 0 aliphatic carbocycles. The van der Waals surface area contributed by atoms with E-state index in [0.717, 1.165) is 11.3 Å². The van der Waals surface area contributed by atoms with E-state index < -0.39 is 72.2 Å². The largest absolute Gasteiger partial charge is 0.481 e. The predicted molar refractivity (Wildman–Crippen MR) is 232 cm³/mol. The molecular formula is C44H31Cl4F3N6O7. The lowest BCUT2D eigenvalue weighted by Crippen LogP contribution is -2.32. The van der Waals surface area contributed by atoms with Crippen LogP contribution in [0.3, 0.4) is 0 Å². The summed E-state index contributed by atoms with van der Waals surface area (Å²) in [5.41, 5.74) is 1.27. The number of benzene rings is 5. The average Bonchev–Trinajstić information content (AvgIpc) is 3.93. The van der Waals surface area contributed by atoms with Crippen molar-refractivity contribution in [2.24, 2.45) is 0 Å². The average molecular weight is 955 g/mol. The highest BCUT2D eigenvalue weighted by Gasteiger charge is 2.42. The number of hydrogen-bond donors (Lipinski definition) is 4. The standard InChI is InChI=1S/C24H18Cl2N4O3.C20H13Cl2F3N2O4/c25-18-13-7-12-17(21(18)26)19(14-20(31)32)27-24(33)22-28-23(15-8-3-1-4-9-15)30(29-22)16-10-5-2-6-11-16;21-11-6-7-12(13(22)8-11)14(9-15(28)29)26-18(30)16-17(20(23,24)25)31-19(27-16)10-4-2-1-3-5-10/h1-13,19H,14H2,(H,27,33)(H,31,32);1-8,14H,9H2,(H,26,30)(H,28,29)/t19-;14-/m00/s1. The molecule has 2 heterocycles. The number of alkyl halides is 3. The molecule has 0 aliphatic heterocycles. The van der Waals surface area contributed by atoms with Crippen LogP contribution in [0.2, 0.25) is 20.1 Å². The number of hydrogen-bond acceptors (Lipinski definition) is 8. The van der Waals surface area contributed by atoms with Gasteiger partial charge in [-0.2, -0.15) is 13.2 Å². The van der Waals surface area contributed by atoms with Crippen LogP contribution in [0.4, 0.5) is 13.2 Å². The third kappa shape index (κ3) is 11.6. The van der Waals surface area contributed by atoms with Crippen LogP contribution in [0.5, 0.6) is 0 Å². The minimum absolute atomic E-state index is 0.0419. The second-order valence-corrected chi connectivity index (χ2v) is 15.1. The third-order valence-electron chi connectivity index (χ3n) is 9.03. The van der Waals surface area contributed by atoms with Gasteiger partial charge >= 0.3 is 18.1 Å². The molecule has 64 heavy (non-hydrogen) atoms. The summed E-state index contributed by atoms with van der Waals surface area (Å²) < 4.78 is 46.8. The van der Waals surface area contributed by atoms with Crippen LogP contribution in [-0.4, -0.2) is 53.7 Å². The summed E-state index contributed by atoms with van der Waals surface area (Å²) in [5, 5.41) is 28.6. The molecule has 328 valence electrons. The Hall–Kier alpha value is -6.72. The number of para-hydroxylation sites is 1. The van der Waals surface area contributed by atoms with Crippen LogP contribution in [0.15, 0.2) is 132 Å². The number of carbonyl (C=O) groups is 4. The van der Waals surface area contributed by atoms with E-state index in [0.29, 0.717) is 11.4 Å². The Morgan fingerprint density at radius 2 is 1.22 bits per heavy atom. The van der Waals surface area contributed by atoms with E-state index >= 15 is 0 Å². The fourth-order valence-electron chi connectivity index (χ4n) is 6.15. The van der Waals surface area contributed by atoms with Crippen molar-refractivity contribution in [2.45, 2.75) is 31.1 Å². The molecule has 0 saturated carbocycles. The molecule has 5 aromatic carbocycles. The molecule has 7 aromatic rings. The van der Waals surface area contributed by atoms with Gasteiger partial charge in [0.2, 0.25) is 17.5 Å². The fraction of sp³-hybridized carbons (Fsp3) is 0.114. The quantitative estimate of drug-likeness (QED) is 0.0865. The lowest BCUT2D eigenvalue weighted by molar-refractivity contribution is -0.153. The van der Waals surface area contributed by atoms with Gasteiger partial charge in [-0.25, -0.2) is 14.6 Å². The summed E-state index contributed by atoms with van der Waals surface area (Å²) in [7, 11) is 0. The number of halogens is 7. The summed E-state index contributed by atoms with van der Waals surface area (Å²) in [6, 6.07) is 33.1. The highest BCUT2D eigenvalue weighted by Crippen LogP contribution is 2.37. The predicted octanol–water partition coefficient (Wildman–Crippen LogP) is 10.8. The molecule has 0 unspecified atom stereocenters. The maximum atomic E-state index is 13.5. The van der Waals surface area contributed by atoms with Crippen molar-refractivity contribution in [3.8, 4) is 28.5 Å². The van der Waals surface area contributed by atoms with Gasteiger partial charge in [-0.15, -0.1) is 5.10 Å². The topological polar surface area (TPSA) is 190 Å². The zero-order valence-electron chi connectivity index (χ0n) is 32.6. The molecular weight excluding hydrogens is 923 g/mol. The fourth-order valence-corrected chi connectivity index (χ4v) is 7.13. The first-order valence-electron chi connectivity index (χ1n) is 18.7. The molecule has 2 aromatic heterocycles. The van der Waals surface area contributed by atoms with Crippen molar-refractivity contribution in [2.75, 3.05) is 0 Å². The number of oxazole rings is 1. The van der Waals surface area contributed by atoms with Gasteiger partial charge in [0.05, 0.1) is 40.7 Å². The van der Waals surface area contributed by atoms with Crippen LogP contribution in [0.1, 0.15) is 62.9 Å². The number of carboxylic acid groups (broad SMARTS) is 2. The van der Waals surface area contributed by atoms with E-state index in [-0.39, 0.29) is 37.0 Å². The zero-order chi connectivity index (χ0) is 46.1. The molecule has 13 nitrogen and oxygen atoms in total. The van der Waals surface area contributed by atoms with E-state index in [1.165, 1.54) is 30.3 Å². The number of amides is 2. The van der Waals surface area contributed by atoms with Gasteiger partial charge in [-0.1, -0.05) is 131 Å². The van der Waals surface area contributed by atoms with E-state index in [1.807, 2.05) is 60.7 Å². The second kappa shape index (κ2) is 20.6. The van der Waals surface area contributed by atoms with Gasteiger partial charge in [-0.3, -0.25) is 19.2 Å². The summed E-state index contributed by atoms with van der Waals surface area (Å²) in [4.78, 5) is 56.7. The Balaban J connectivity index is 0.000000213. The first-order chi connectivity index (χ1) is 30.5. The Kier molecular flexibility index (Phi) is 15.1. The molecule has 20 heteroatoms. The van der Waals surface area contributed by atoms with Crippen molar-refractivity contribution >= 4 is 70.2 Å². The minimum atomic E-state index is -5.01. The minimum Gasteiger partial charge on any atom is -0.481 e. The van der Waals surface area contributed by atoms with Crippen LogP contribution >= 0.6 is 46.4 Å². The molecule has 2 amide bonds. The van der Waals surface area contributed by atoms with Crippen molar-refractivity contribution in [3.05, 3.63) is 176 Å². The molecule has 0 aliphatic rings. The van der Waals surface area contributed by atoms with Crippen molar-refractivity contribution < 1.29 is 47.0 Å². The number of aromatic nitrogens is 4. The number of carbonyl (C=O) groups excluding carboxylic acids is 2. The Morgan fingerprint density at radius 3 is 1.80 bits per heavy atom. The second-order valence-electron chi connectivity index (χ2n) is 13.5. The number of nitrogens with zero attached hydrogens (tertiary/aromatic N) is 4. The van der Waals surface area contributed by atoms with Crippen molar-refractivity contribution in [1.29, 1.82) is 0 Å². The van der Waals surface area contributed by atoms with Gasteiger partial charge in [0.1, 0.15) is 0 Å². The smallest absolute Gasteiger partial charge is 0.452 e. The van der Waals surface area contributed by atoms with Gasteiger partial charge in [0.25, 0.3) is 11.8 Å². The third-order valence-corrected chi connectivity index (χ3v) is 10.4. The van der Waals surface area contributed by atoms with E-state index in [4.69, 9.17) is 50.8 Å². The SMILES string of the molecule is O=C(O)C[C@H](NC(=O)c1nc(-c2ccccc2)n(-c2ccccc2)n1)c1cccc(Cl)c1Cl.O=C(O)C[C@H](NC(=O)c1nc(-c2ccccc2)oc1C(F)(F)F)c1ccc(Cl)cc1Cl. The monoisotopic (exact) mass is 952 g/mol. The molecule has 0 saturated heterocycles. The Bertz CT molecular complexity index is 2740. The van der Waals surface area contributed by atoms with Crippen molar-refractivity contribution in [3.63, 3.8) is 0 Å². The molecule has 4 N–H and O–H groups in total. The summed E-state index contributed by atoms with van der Waals surface area (Å²) >= 11 is 24.3. The first kappa shape index (κ1) is 46.8. The molecule has 2 atom stereocenters.